The number of para-hydroxylation sites is 1. The number of hydrogen-bond donors (Lipinski definition) is 0. The molecule has 1 aromatic heterocycles. The standard InChI is InChI=1S/C30H25NO6/c1-30(2,3)19-14-12-18(13-15-19)26-27(25(33)22-10-6-7-11-23(22)36-26)37-24(32)16-17-31-28(34)20-8-4-5-9-21(20)29(31)35/h4-15H,16-17H2,1-3H3. The van der Waals surface area contributed by atoms with Crippen molar-refractivity contribution in [3.05, 3.63) is 99.7 Å². The molecule has 7 nitrogen and oxygen atoms in total. The van der Waals surface area contributed by atoms with Gasteiger partial charge in [0.25, 0.3) is 11.8 Å². The van der Waals surface area contributed by atoms with Gasteiger partial charge in [0.15, 0.2) is 5.76 Å². The Hall–Kier alpha value is -4.52. The molecule has 0 bridgehead atoms. The molecular weight excluding hydrogens is 470 g/mol. The number of esters is 1. The molecule has 0 atom stereocenters. The molecule has 0 saturated carbocycles. The monoisotopic (exact) mass is 495 g/mol. The van der Waals surface area contributed by atoms with Crippen LogP contribution >= 0.6 is 0 Å². The van der Waals surface area contributed by atoms with Gasteiger partial charge in [0.2, 0.25) is 11.2 Å². The van der Waals surface area contributed by atoms with E-state index in [1.807, 2.05) is 24.3 Å². The molecule has 0 fully saturated rings. The van der Waals surface area contributed by atoms with Gasteiger partial charge in [0.1, 0.15) is 5.58 Å². The molecule has 0 spiro atoms. The van der Waals surface area contributed by atoms with Crippen molar-refractivity contribution in [2.24, 2.45) is 0 Å². The van der Waals surface area contributed by atoms with Crippen molar-refractivity contribution in [1.82, 2.24) is 4.90 Å². The molecule has 0 aliphatic carbocycles. The Bertz CT molecular complexity index is 1570. The van der Waals surface area contributed by atoms with E-state index in [1.54, 1.807) is 48.5 Å². The lowest BCUT2D eigenvalue weighted by Gasteiger charge is -2.19. The number of hydrogen-bond acceptors (Lipinski definition) is 6. The number of rotatable bonds is 5. The second-order valence-corrected chi connectivity index (χ2v) is 9.94. The van der Waals surface area contributed by atoms with Crippen LogP contribution in [0, 0.1) is 0 Å². The first-order valence-corrected chi connectivity index (χ1v) is 12.0. The lowest BCUT2D eigenvalue weighted by atomic mass is 9.86. The third kappa shape index (κ3) is 4.44. The fourth-order valence-corrected chi connectivity index (χ4v) is 4.34. The number of ether oxygens (including phenoxy) is 1. The summed E-state index contributed by atoms with van der Waals surface area (Å²) in [6.45, 7) is 6.12. The highest BCUT2D eigenvalue weighted by atomic mass is 16.5. The van der Waals surface area contributed by atoms with E-state index in [0.717, 1.165) is 10.5 Å². The number of benzene rings is 3. The second-order valence-electron chi connectivity index (χ2n) is 9.94. The van der Waals surface area contributed by atoms with Gasteiger partial charge >= 0.3 is 5.97 Å². The minimum Gasteiger partial charge on any atom is -0.452 e. The molecule has 186 valence electrons. The Labute approximate surface area is 213 Å². The zero-order valence-electron chi connectivity index (χ0n) is 20.7. The molecule has 0 saturated heterocycles. The van der Waals surface area contributed by atoms with Gasteiger partial charge < -0.3 is 9.15 Å². The van der Waals surface area contributed by atoms with Crippen LogP contribution in [-0.2, 0) is 10.2 Å². The van der Waals surface area contributed by atoms with E-state index in [1.165, 1.54) is 0 Å². The van der Waals surface area contributed by atoms with Gasteiger partial charge in [-0.05, 0) is 35.2 Å². The first-order chi connectivity index (χ1) is 17.6. The van der Waals surface area contributed by atoms with Crippen LogP contribution in [0.2, 0.25) is 0 Å². The Balaban J connectivity index is 1.44. The predicted molar refractivity (Wildman–Crippen MR) is 139 cm³/mol. The highest BCUT2D eigenvalue weighted by Crippen LogP contribution is 2.33. The highest BCUT2D eigenvalue weighted by molar-refractivity contribution is 6.21. The number of carbonyl (C=O) groups excluding carboxylic acids is 3. The molecule has 2 heterocycles. The summed E-state index contributed by atoms with van der Waals surface area (Å²) in [5.41, 5.74) is 2.10. The minimum atomic E-state index is -0.758. The number of amides is 2. The normalized spacial score (nSPS) is 13.2. The largest absolute Gasteiger partial charge is 0.452 e. The van der Waals surface area contributed by atoms with Crippen molar-refractivity contribution in [3.63, 3.8) is 0 Å². The summed E-state index contributed by atoms with van der Waals surface area (Å²) in [6.07, 6.45) is -0.278. The Kier molecular flexibility index (Phi) is 5.99. The second kappa shape index (κ2) is 9.17. The van der Waals surface area contributed by atoms with E-state index in [0.29, 0.717) is 22.3 Å². The van der Waals surface area contributed by atoms with E-state index in [-0.39, 0.29) is 35.3 Å². The SMILES string of the molecule is CC(C)(C)c1ccc(-c2oc3ccccc3c(=O)c2OC(=O)CCN2C(=O)c3ccccc3C2=O)cc1. The summed E-state index contributed by atoms with van der Waals surface area (Å²) < 4.78 is 11.6. The van der Waals surface area contributed by atoms with Crippen LogP contribution in [0.25, 0.3) is 22.3 Å². The van der Waals surface area contributed by atoms with Gasteiger partial charge in [-0.1, -0.05) is 69.3 Å². The fraction of sp³-hybridized carbons (Fsp3) is 0.200. The van der Waals surface area contributed by atoms with Crippen molar-refractivity contribution in [2.45, 2.75) is 32.6 Å². The summed E-state index contributed by atoms with van der Waals surface area (Å²) in [7, 11) is 0. The zero-order chi connectivity index (χ0) is 26.3. The average Bonchev–Trinajstić information content (AvgIpc) is 3.13. The summed E-state index contributed by atoms with van der Waals surface area (Å²) in [5, 5.41) is 0.278. The Morgan fingerprint density at radius 2 is 1.43 bits per heavy atom. The minimum absolute atomic E-state index is 0.0673. The van der Waals surface area contributed by atoms with Crippen LogP contribution in [0.4, 0.5) is 0 Å². The van der Waals surface area contributed by atoms with Crippen molar-refractivity contribution in [2.75, 3.05) is 6.54 Å². The molecule has 2 amide bonds. The number of nitrogens with zero attached hydrogens (tertiary/aromatic N) is 1. The summed E-state index contributed by atoms with van der Waals surface area (Å²) >= 11 is 0. The van der Waals surface area contributed by atoms with Crippen LogP contribution in [0.3, 0.4) is 0 Å². The fourth-order valence-electron chi connectivity index (χ4n) is 4.34. The molecule has 0 N–H and O–H groups in total. The van der Waals surface area contributed by atoms with Crippen LogP contribution in [0.5, 0.6) is 5.75 Å². The van der Waals surface area contributed by atoms with Gasteiger partial charge in [-0.2, -0.15) is 0 Å². The molecule has 7 heteroatoms. The molecule has 0 radical (unpaired) electrons. The van der Waals surface area contributed by atoms with E-state index >= 15 is 0 Å². The van der Waals surface area contributed by atoms with Crippen molar-refractivity contribution in [3.8, 4) is 17.1 Å². The Morgan fingerprint density at radius 1 is 0.838 bits per heavy atom. The molecular formula is C30H25NO6. The van der Waals surface area contributed by atoms with Crippen molar-refractivity contribution < 1.29 is 23.5 Å². The van der Waals surface area contributed by atoms with Gasteiger partial charge in [0, 0.05) is 12.1 Å². The molecule has 5 rings (SSSR count). The summed E-state index contributed by atoms with van der Waals surface area (Å²) in [6, 6.07) is 20.8. The summed E-state index contributed by atoms with van der Waals surface area (Å²) in [5.74, 6) is -1.77. The van der Waals surface area contributed by atoms with Gasteiger partial charge in [0.05, 0.1) is 22.9 Å². The average molecular weight is 496 g/mol. The molecule has 4 aromatic rings. The van der Waals surface area contributed by atoms with Crippen LogP contribution in [-0.4, -0.2) is 29.2 Å². The molecule has 1 aliphatic rings. The highest BCUT2D eigenvalue weighted by Gasteiger charge is 2.35. The number of carbonyl (C=O) groups is 3. The molecule has 37 heavy (non-hydrogen) atoms. The van der Waals surface area contributed by atoms with Crippen molar-refractivity contribution >= 4 is 28.8 Å². The third-order valence-corrected chi connectivity index (χ3v) is 6.40. The van der Waals surface area contributed by atoms with Gasteiger partial charge in [-0.25, -0.2) is 0 Å². The van der Waals surface area contributed by atoms with Gasteiger partial charge in [-0.3, -0.25) is 24.1 Å². The maximum Gasteiger partial charge on any atom is 0.313 e. The maximum absolute atomic E-state index is 13.3. The Morgan fingerprint density at radius 3 is 2.05 bits per heavy atom. The third-order valence-electron chi connectivity index (χ3n) is 6.40. The van der Waals surface area contributed by atoms with E-state index in [9.17, 15) is 19.2 Å². The smallest absolute Gasteiger partial charge is 0.313 e. The first-order valence-electron chi connectivity index (χ1n) is 12.0. The van der Waals surface area contributed by atoms with Crippen LogP contribution < -0.4 is 10.2 Å². The zero-order valence-corrected chi connectivity index (χ0v) is 20.7. The van der Waals surface area contributed by atoms with Crippen LogP contribution in [0.15, 0.2) is 82.0 Å². The number of imide groups is 1. The van der Waals surface area contributed by atoms with E-state index in [4.69, 9.17) is 9.15 Å². The molecule has 1 aliphatic heterocycles. The first kappa shape index (κ1) is 24.2. The lowest BCUT2D eigenvalue weighted by molar-refractivity contribution is -0.134. The van der Waals surface area contributed by atoms with E-state index < -0.39 is 23.2 Å². The van der Waals surface area contributed by atoms with E-state index in [2.05, 4.69) is 20.8 Å². The van der Waals surface area contributed by atoms with Crippen molar-refractivity contribution in [1.29, 1.82) is 0 Å². The van der Waals surface area contributed by atoms with Gasteiger partial charge in [-0.15, -0.1) is 0 Å². The quantitative estimate of drug-likeness (QED) is 0.274. The summed E-state index contributed by atoms with van der Waals surface area (Å²) in [4.78, 5) is 52.4. The molecule has 0 unspecified atom stereocenters. The number of fused-ring (bicyclic) bond motifs is 2. The predicted octanol–water partition coefficient (Wildman–Crippen LogP) is 5.35. The maximum atomic E-state index is 13.3. The molecule has 3 aromatic carbocycles. The lowest BCUT2D eigenvalue weighted by Crippen LogP contribution is -2.32. The topological polar surface area (TPSA) is 93.9 Å². The van der Waals surface area contributed by atoms with Crippen LogP contribution in [0.1, 0.15) is 53.5 Å².